The van der Waals surface area contributed by atoms with E-state index >= 15 is 0 Å². The van der Waals surface area contributed by atoms with Gasteiger partial charge in [0.1, 0.15) is 11.5 Å². The lowest BCUT2D eigenvalue weighted by Gasteiger charge is -1.97. The molecule has 1 aliphatic carbocycles. The number of allylic oxidation sites excluding steroid dienone is 6. The van der Waals surface area contributed by atoms with Crippen molar-refractivity contribution in [3.8, 4) is 0 Å². The predicted molar refractivity (Wildman–Crippen MR) is 66.2 cm³/mol. The maximum absolute atomic E-state index is 5.75. The highest BCUT2D eigenvalue weighted by Gasteiger charge is 1.95. The highest BCUT2D eigenvalue weighted by atomic mass is 35.5. The van der Waals surface area contributed by atoms with E-state index in [-0.39, 0.29) is 0 Å². The second-order valence-electron chi connectivity index (χ2n) is 3.16. The molecule has 0 atom stereocenters. The molecular formula is C12H10ClN3. The fraction of sp³-hybridized carbons (Fsp3) is 0.0833. The smallest absolute Gasteiger partial charge is 0.157 e. The molecule has 4 heteroatoms. The molecule has 0 bridgehead atoms. The van der Waals surface area contributed by atoms with Crippen LogP contribution in [-0.4, -0.2) is 15.7 Å². The van der Waals surface area contributed by atoms with Gasteiger partial charge in [-0.05, 0) is 18.6 Å². The molecule has 0 fully saturated rings. The van der Waals surface area contributed by atoms with Gasteiger partial charge in [-0.1, -0.05) is 35.9 Å². The summed E-state index contributed by atoms with van der Waals surface area (Å²) < 4.78 is 0. The Kier molecular flexibility index (Phi) is 3.62. The molecule has 2 rings (SSSR count). The zero-order valence-corrected chi connectivity index (χ0v) is 9.30. The van der Waals surface area contributed by atoms with Crippen molar-refractivity contribution in [3.05, 3.63) is 54.0 Å². The first-order valence-corrected chi connectivity index (χ1v) is 5.28. The Labute approximate surface area is 98.9 Å². The van der Waals surface area contributed by atoms with Crippen LogP contribution in [0.1, 0.15) is 6.42 Å². The van der Waals surface area contributed by atoms with Gasteiger partial charge in [0, 0.05) is 6.07 Å². The van der Waals surface area contributed by atoms with Crippen LogP contribution in [0.2, 0.25) is 5.15 Å². The summed E-state index contributed by atoms with van der Waals surface area (Å²) in [6.07, 6.45) is 14.2. The van der Waals surface area contributed by atoms with Gasteiger partial charge < -0.3 is 0 Å². The normalized spacial score (nSPS) is 21.4. The molecule has 1 aromatic heterocycles. The second-order valence-corrected chi connectivity index (χ2v) is 3.55. The Balaban J connectivity index is 2.29. The zero-order chi connectivity index (χ0) is 11.2. The van der Waals surface area contributed by atoms with Gasteiger partial charge in [0.05, 0.1) is 5.71 Å². The molecule has 1 heterocycles. The van der Waals surface area contributed by atoms with E-state index in [9.17, 15) is 0 Å². The van der Waals surface area contributed by atoms with Crippen LogP contribution in [0.25, 0.3) is 0 Å². The quantitative estimate of drug-likeness (QED) is 0.696. The Morgan fingerprint density at radius 1 is 1.12 bits per heavy atom. The van der Waals surface area contributed by atoms with Crippen LogP contribution in [0.4, 0.5) is 5.82 Å². The summed E-state index contributed by atoms with van der Waals surface area (Å²) in [4.78, 5) is 12.2. The van der Waals surface area contributed by atoms with Crippen LogP contribution < -0.4 is 0 Å². The van der Waals surface area contributed by atoms with Crippen LogP contribution in [0.3, 0.4) is 0 Å². The topological polar surface area (TPSA) is 38.1 Å². The molecule has 0 unspecified atom stereocenters. The molecule has 0 spiro atoms. The standard InChI is InChI=1S/C12H10ClN3/c13-11-8-12(15-9-14-11)16-10-6-4-2-1-3-5-7-10/h1-2,4-9H,3H2/b2-1-,6-4?,7-5-,16-10?. The molecule has 0 aromatic carbocycles. The molecule has 1 aliphatic rings. The van der Waals surface area contributed by atoms with E-state index < -0.39 is 0 Å². The number of rotatable bonds is 1. The van der Waals surface area contributed by atoms with Crippen molar-refractivity contribution in [2.75, 3.05) is 0 Å². The molecule has 0 radical (unpaired) electrons. The summed E-state index contributed by atoms with van der Waals surface area (Å²) >= 11 is 5.75. The summed E-state index contributed by atoms with van der Waals surface area (Å²) in [7, 11) is 0. The van der Waals surface area contributed by atoms with Crippen molar-refractivity contribution in [2.45, 2.75) is 6.42 Å². The van der Waals surface area contributed by atoms with E-state index in [4.69, 9.17) is 11.6 Å². The molecule has 0 aliphatic heterocycles. The van der Waals surface area contributed by atoms with E-state index in [0.29, 0.717) is 11.0 Å². The molecule has 0 N–H and O–H groups in total. The average molecular weight is 232 g/mol. The minimum Gasteiger partial charge on any atom is -0.229 e. The summed E-state index contributed by atoms with van der Waals surface area (Å²) in [5.74, 6) is 0.564. The van der Waals surface area contributed by atoms with Crippen molar-refractivity contribution in [1.29, 1.82) is 0 Å². The fourth-order valence-corrected chi connectivity index (χ4v) is 1.37. The van der Waals surface area contributed by atoms with E-state index in [2.05, 4.69) is 21.0 Å². The summed E-state index contributed by atoms with van der Waals surface area (Å²) in [6, 6.07) is 1.63. The van der Waals surface area contributed by atoms with E-state index in [0.717, 1.165) is 12.1 Å². The minimum absolute atomic E-state index is 0.396. The van der Waals surface area contributed by atoms with Gasteiger partial charge >= 0.3 is 0 Å². The van der Waals surface area contributed by atoms with Crippen LogP contribution in [0.15, 0.2) is 53.8 Å². The maximum Gasteiger partial charge on any atom is 0.157 e. The van der Waals surface area contributed by atoms with Crippen LogP contribution in [-0.2, 0) is 0 Å². The number of halogens is 1. The SMILES string of the molecule is Clc1cc(N=C2C=C/C=C\C/C=C\2)ncn1. The van der Waals surface area contributed by atoms with Crippen LogP contribution in [0, 0.1) is 0 Å². The van der Waals surface area contributed by atoms with Crippen LogP contribution >= 0.6 is 11.6 Å². The lowest BCUT2D eigenvalue weighted by molar-refractivity contribution is 1.15. The lowest BCUT2D eigenvalue weighted by atomic mass is 10.2. The summed E-state index contributed by atoms with van der Waals surface area (Å²) in [5.41, 5.74) is 0.846. The third-order valence-electron chi connectivity index (χ3n) is 1.94. The van der Waals surface area contributed by atoms with Crippen molar-refractivity contribution < 1.29 is 0 Å². The van der Waals surface area contributed by atoms with E-state index in [1.807, 2.05) is 30.4 Å². The van der Waals surface area contributed by atoms with Crippen molar-refractivity contribution in [3.63, 3.8) is 0 Å². The minimum atomic E-state index is 0.396. The first-order valence-electron chi connectivity index (χ1n) is 4.90. The first kappa shape index (κ1) is 10.8. The number of nitrogens with zero attached hydrogens (tertiary/aromatic N) is 3. The number of hydrogen-bond acceptors (Lipinski definition) is 3. The Morgan fingerprint density at radius 3 is 2.94 bits per heavy atom. The third-order valence-corrected chi connectivity index (χ3v) is 2.14. The molecular weight excluding hydrogens is 222 g/mol. The lowest BCUT2D eigenvalue weighted by Crippen LogP contribution is -1.89. The predicted octanol–water partition coefficient (Wildman–Crippen LogP) is 3.27. The van der Waals surface area contributed by atoms with Gasteiger partial charge in [0.15, 0.2) is 5.82 Å². The molecule has 1 aromatic rings. The van der Waals surface area contributed by atoms with Crippen molar-refractivity contribution in [2.24, 2.45) is 4.99 Å². The molecule has 16 heavy (non-hydrogen) atoms. The first-order chi connectivity index (χ1) is 7.84. The highest BCUT2D eigenvalue weighted by Crippen LogP contribution is 2.12. The highest BCUT2D eigenvalue weighted by molar-refractivity contribution is 6.29. The van der Waals surface area contributed by atoms with Crippen molar-refractivity contribution >= 4 is 23.1 Å². The molecule has 3 nitrogen and oxygen atoms in total. The van der Waals surface area contributed by atoms with Gasteiger partial charge in [-0.3, -0.25) is 0 Å². The van der Waals surface area contributed by atoms with Gasteiger partial charge in [0.25, 0.3) is 0 Å². The number of hydrogen-bond donors (Lipinski definition) is 0. The summed E-state index contributed by atoms with van der Waals surface area (Å²) in [6.45, 7) is 0. The number of aromatic nitrogens is 2. The fourth-order valence-electron chi connectivity index (χ4n) is 1.23. The molecule has 0 saturated heterocycles. The Bertz CT molecular complexity index is 487. The third kappa shape index (κ3) is 3.14. The Hall–Kier alpha value is -1.74. The maximum atomic E-state index is 5.75. The van der Waals surface area contributed by atoms with E-state index in [1.165, 1.54) is 6.33 Å². The van der Waals surface area contributed by atoms with Gasteiger partial charge in [-0.15, -0.1) is 0 Å². The van der Waals surface area contributed by atoms with E-state index in [1.54, 1.807) is 6.07 Å². The summed E-state index contributed by atoms with van der Waals surface area (Å²) in [5, 5.41) is 0.396. The van der Waals surface area contributed by atoms with Gasteiger partial charge in [-0.2, -0.15) is 0 Å². The second kappa shape index (κ2) is 5.37. The molecule has 80 valence electrons. The van der Waals surface area contributed by atoms with Gasteiger partial charge in [0.2, 0.25) is 0 Å². The zero-order valence-electron chi connectivity index (χ0n) is 8.55. The number of aliphatic imine (C=N–C) groups is 1. The Morgan fingerprint density at radius 2 is 2.06 bits per heavy atom. The van der Waals surface area contributed by atoms with Gasteiger partial charge in [-0.25, -0.2) is 15.0 Å². The average Bonchev–Trinajstić information content (AvgIpc) is 2.22. The van der Waals surface area contributed by atoms with Crippen molar-refractivity contribution in [1.82, 2.24) is 9.97 Å². The monoisotopic (exact) mass is 231 g/mol. The van der Waals surface area contributed by atoms with Crippen LogP contribution in [0.5, 0.6) is 0 Å². The largest absolute Gasteiger partial charge is 0.229 e. The molecule has 0 amide bonds. The molecule has 0 saturated carbocycles.